The Hall–Kier alpha value is -2.21. The third kappa shape index (κ3) is 3.17. The van der Waals surface area contributed by atoms with E-state index in [9.17, 15) is 4.79 Å². The lowest BCUT2D eigenvalue weighted by molar-refractivity contribution is -0.121. The van der Waals surface area contributed by atoms with Gasteiger partial charge in [-0.05, 0) is 38.1 Å². The Bertz CT molecular complexity index is 648. The third-order valence-corrected chi connectivity index (χ3v) is 4.13. The average molecular weight is 299 g/mol. The van der Waals surface area contributed by atoms with Crippen LogP contribution in [0.3, 0.4) is 0 Å². The SMILES string of the molecule is Cc1cc(NC(=O)C(C)C2CNC2)n(Cc2ccccn2)n1. The van der Waals surface area contributed by atoms with Crippen LogP contribution in [0.1, 0.15) is 18.3 Å². The van der Waals surface area contributed by atoms with Crippen molar-refractivity contribution < 1.29 is 4.79 Å². The summed E-state index contributed by atoms with van der Waals surface area (Å²) in [6.07, 6.45) is 1.76. The Morgan fingerprint density at radius 3 is 2.95 bits per heavy atom. The van der Waals surface area contributed by atoms with Crippen LogP contribution in [0.4, 0.5) is 5.82 Å². The van der Waals surface area contributed by atoms with Crippen molar-refractivity contribution in [1.82, 2.24) is 20.1 Å². The van der Waals surface area contributed by atoms with Gasteiger partial charge < -0.3 is 10.6 Å². The first-order valence-corrected chi connectivity index (χ1v) is 7.59. The maximum atomic E-state index is 12.4. The van der Waals surface area contributed by atoms with Gasteiger partial charge in [0.1, 0.15) is 5.82 Å². The van der Waals surface area contributed by atoms with E-state index in [1.807, 2.05) is 38.1 Å². The molecule has 2 aromatic heterocycles. The van der Waals surface area contributed by atoms with E-state index < -0.39 is 0 Å². The number of pyridine rings is 1. The number of anilines is 1. The lowest BCUT2D eigenvalue weighted by Gasteiger charge is -2.31. The average Bonchev–Trinajstić information content (AvgIpc) is 2.77. The largest absolute Gasteiger partial charge is 0.316 e. The second-order valence-electron chi connectivity index (χ2n) is 5.85. The summed E-state index contributed by atoms with van der Waals surface area (Å²) in [6.45, 7) is 6.28. The topological polar surface area (TPSA) is 71.8 Å². The highest BCUT2D eigenvalue weighted by molar-refractivity contribution is 5.91. The van der Waals surface area contributed by atoms with Crippen LogP contribution in [0.25, 0.3) is 0 Å². The molecule has 6 heteroatoms. The summed E-state index contributed by atoms with van der Waals surface area (Å²) in [5, 5.41) is 10.7. The monoisotopic (exact) mass is 299 g/mol. The summed E-state index contributed by atoms with van der Waals surface area (Å²) in [5.74, 6) is 1.20. The fourth-order valence-electron chi connectivity index (χ4n) is 2.53. The maximum absolute atomic E-state index is 12.4. The Kier molecular flexibility index (Phi) is 4.20. The Morgan fingerprint density at radius 1 is 1.50 bits per heavy atom. The number of carbonyl (C=O) groups excluding carboxylic acids is 1. The Morgan fingerprint density at radius 2 is 2.32 bits per heavy atom. The van der Waals surface area contributed by atoms with Crippen molar-refractivity contribution in [1.29, 1.82) is 0 Å². The van der Waals surface area contributed by atoms with E-state index in [2.05, 4.69) is 20.7 Å². The number of nitrogens with zero attached hydrogens (tertiary/aromatic N) is 3. The Balaban J connectivity index is 1.72. The number of hydrogen-bond acceptors (Lipinski definition) is 4. The molecule has 6 nitrogen and oxygen atoms in total. The first-order valence-electron chi connectivity index (χ1n) is 7.59. The van der Waals surface area contributed by atoms with Crippen LogP contribution < -0.4 is 10.6 Å². The molecule has 0 spiro atoms. The molecule has 2 N–H and O–H groups in total. The van der Waals surface area contributed by atoms with Gasteiger partial charge in [0.25, 0.3) is 0 Å². The molecule has 1 fully saturated rings. The van der Waals surface area contributed by atoms with E-state index in [-0.39, 0.29) is 11.8 Å². The van der Waals surface area contributed by atoms with Crippen LogP contribution in [0.15, 0.2) is 30.5 Å². The molecule has 1 saturated heterocycles. The van der Waals surface area contributed by atoms with Gasteiger partial charge in [-0.25, -0.2) is 4.68 Å². The van der Waals surface area contributed by atoms with Crippen LogP contribution in [0, 0.1) is 18.8 Å². The molecule has 22 heavy (non-hydrogen) atoms. The van der Waals surface area contributed by atoms with Crippen molar-refractivity contribution in [3.8, 4) is 0 Å². The summed E-state index contributed by atoms with van der Waals surface area (Å²) in [5.41, 5.74) is 1.79. The normalized spacial score (nSPS) is 16.1. The van der Waals surface area contributed by atoms with Crippen molar-refractivity contribution >= 4 is 11.7 Å². The highest BCUT2D eigenvalue weighted by Crippen LogP contribution is 2.19. The van der Waals surface area contributed by atoms with Gasteiger partial charge >= 0.3 is 0 Å². The first-order chi connectivity index (χ1) is 10.6. The highest BCUT2D eigenvalue weighted by Gasteiger charge is 2.29. The number of hydrogen-bond donors (Lipinski definition) is 2. The first kappa shape index (κ1) is 14.7. The van der Waals surface area contributed by atoms with E-state index in [1.165, 1.54) is 0 Å². The molecule has 0 bridgehead atoms. The minimum Gasteiger partial charge on any atom is -0.316 e. The van der Waals surface area contributed by atoms with Crippen LogP contribution in [0.2, 0.25) is 0 Å². The molecule has 3 rings (SSSR count). The number of aryl methyl sites for hydroxylation is 1. The summed E-state index contributed by atoms with van der Waals surface area (Å²) in [6, 6.07) is 7.68. The predicted octanol–water partition coefficient (Wildman–Crippen LogP) is 1.43. The molecule has 0 radical (unpaired) electrons. The summed E-state index contributed by atoms with van der Waals surface area (Å²) < 4.78 is 1.79. The van der Waals surface area contributed by atoms with E-state index in [0.717, 1.165) is 30.3 Å². The highest BCUT2D eigenvalue weighted by atomic mass is 16.2. The van der Waals surface area contributed by atoms with Gasteiger partial charge in [0.15, 0.2) is 0 Å². The number of nitrogens with one attached hydrogen (secondary N) is 2. The molecule has 1 atom stereocenters. The minimum atomic E-state index is -0.000226. The lowest BCUT2D eigenvalue weighted by Crippen LogP contribution is -2.48. The molecular formula is C16H21N5O. The third-order valence-electron chi connectivity index (χ3n) is 4.13. The smallest absolute Gasteiger partial charge is 0.228 e. The molecule has 1 aliphatic heterocycles. The van der Waals surface area contributed by atoms with E-state index in [4.69, 9.17) is 0 Å². The zero-order chi connectivity index (χ0) is 15.5. The van der Waals surface area contributed by atoms with Crippen molar-refractivity contribution in [2.75, 3.05) is 18.4 Å². The van der Waals surface area contributed by atoms with E-state index >= 15 is 0 Å². The fraction of sp³-hybridized carbons (Fsp3) is 0.438. The van der Waals surface area contributed by atoms with Gasteiger partial charge in [-0.3, -0.25) is 9.78 Å². The summed E-state index contributed by atoms with van der Waals surface area (Å²) in [4.78, 5) is 16.7. The van der Waals surface area contributed by atoms with E-state index in [1.54, 1.807) is 10.9 Å². The zero-order valence-electron chi connectivity index (χ0n) is 12.9. The number of amides is 1. The number of carbonyl (C=O) groups is 1. The molecule has 0 aromatic carbocycles. The standard InChI is InChI=1S/C16H21N5O/c1-11-7-15(19-16(22)12(2)13-8-17-9-13)21(20-11)10-14-5-3-4-6-18-14/h3-7,12-13,17H,8-10H2,1-2H3,(H,19,22). The number of rotatable bonds is 5. The maximum Gasteiger partial charge on any atom is 0.228 e. The van der Waals surface area contributed by atoms with Gasteiger partial charge in [0.05, 0.1) is 17.9 Å². The fourth-order valence-corrected chi connectivity index (χ4v) is 2.53. The number of aromatic nitrogens is 3. The molecule has 0 saturated carbocycles. The minimum absolute atomic E-state index is 0.000226. The second kappa shape index (κ2) is 6.27. The molecule has 1 unspecified atom stereocenters. The van der Waals surface area contributed by atoms with Crippen molar-refractivity contribution in [3.63, 3.8) is 0 Å². The second-order valence-corrected chi connectivity index (χ2v) is 5.85. The lowest BCUT2D eigenvalue weighted by atomic mass is 9.88. The molecule has 116 valence electrons. The van der Waals surface area contributed by atoms with Gasteiger partial charge in [-0.15, -0.1) is 0 Å². The van der Waals surface area contributed by atoms with E-state index in [0.29, 0.717) is 12.5 Å². The molecule has 1 aliphatic rings. The van der Waals surface area contributed by atoms with Gasteiger partial charge in [-0.2, -0.15) is 5.10 Å². The van der Waals surface area contributed by atoms with Crippen LogP contribution in [-0.4, -0.2) is 33.8 Å². The summed E-state index contributed by atoms with van der Waals surface area (Å²) in [7, 11) is 0. The molecule has 1 amide bonds. The van der Waals surface area contributed by atoms with Crippen molar-refractivity contribution in [2.45, 2.75) is 20.4 Å². The van der Waals surface area contributed by atoms with Crippen LogP contribution >= 0.6 is 0 Å². The Labute approximate surface area is 129 Å². The van der Waals surface area contributed by atoms with Gasteiger partial charge in [0, 0.05) is 18.2 Å². The van der Waals surface area contributed by atoms with Crippen molar-refractivity contribution in [2.24, 2.45) is 11.8 Å². The molecule has 3 heterocycles. The van der Waals surface area contributed by atoms with Crippen LogP contribution in [-0.2, 0) is 11.3 Å². The van der Waals surface area contributed by atoms with Gasteiger partial charge in [0.2, 0.25) is 5.91 Å². The summed E-state index contributed by atoms with van der Waals surface area (Å²) >= 11 is 0. The van der Waals surface area contributed by atoms with Gasteiger partial charge in [-0.1, -0.05) is 13.0 Å². The molecule has 0 aliphatic carbocycles. The predicted molar refractivity (Wildman–Crippen MR) is 84.5 cm³/mol. The molecule has 2 aromatic rings. The quantitative estimate of drug-likeness (QED) is 0.876. The molecular weight excluding hydrogens is 278 g/mol. The zero-order valence-corrected chi connectivity index (χ0v) is 12.9. The van der Waals surface area contributed by atoms with Crippen LogP contribution in [0.5, 0.6) is 0 Å². The van der Waals surface area contributed by atoms with Crippen molar-refractivity contribution in [3.05, 3.63) is 41.9 Å².